The predicted molar refractivity (Wildman–Crippen MR) is 101 cm³/mol. The highest BCUT2D eigenvalue weighted by Gasteiger charge is 2.30. The summed E-state index contributed by atoms with van der Waals surface area (Å²) in [6.07, 6.45) is 4.52. The van der Waals surface area contributed by atoms with Gasteiger partial charge >= 0.3 is 0 Å². The molecular weight excluding hydrogens is 376 g/mol. The summed E-state index contributed by atoms with van der Waals surface area (Å²) in [5.41, 5.74) is 0.543. The molecule has 6 nitrogen and oxygen atoms in total. The van der Waals surface area contributed by atoms with Crippen LogP contribution in [0.4, 0.5) is 0 Å². The second kappa shape index (κ2) is 8.25. The number of rotatable bonds is 4. The lowest BCUT2D eigenvalue weighted by molar-refractivity contribution is -0.0557. The third-order valence-electron chi connectivity index (χ3n) is 5.09. The van der Waals surface area contributed by atoms with Gasteiger partial charge in [0.1, 0.15) is 0 Å². The number of piperidine rings is 2. The van der Waals surface area contributed by atoms with Crippen LogP contribution in [0.25, 0.3) is 0 Å². The van der Waals surface area contributed by atoms with Crippen LogP contribution >= 0.6 is 11.6 Å². The number of sulfonamides is 1. The van der Waals surface area contributed by atoms with E-state index in [1.54, 1.807) is 12.1 Å². The van der Waals surface area contributed by atoms with Crippen molar-refractivity contribution in [3.8, 4) is 0 Å². The molecule has 0 aliphatic carbocycles. The maximum Gasteiger partial charge on any atom is 0.255 e. The van der Waals surface area contributed by atoms with Crippen LogP contribution in [-0.4, -0.2) is 68.2 Å². The molecule has 26 heavy (non-hydrogen) atoms. The van der Waals surface area contributed by atoms with Gasteiger partial charge < -0.3 is 9.64 Å². The van der Waals surface area contributed by atoms with E-state index in [2.05, 4.69) is 0 Å². The number of hydrogen-bond acceptors (Lipinski definition) is 4. The molecule has 2 fully saturated rings. The van der Waals surface area contributed by atoms with Gasteiger partial charge in [-0.05, 0) is 37.8 Å². The Morgan fingerprint density at radius 1 is 1.04 bits per heavy atom. The molecule has 0 saturated carbocycles. The van der Waals surface area contributed by atoms with E-state index in [1.165, 1.54) is 10.6 Å². The van der Waals surface area contributed by atoms with Gasteiger partial charge in [-0.1, -0.05) is 23.7 Å². The molecule has 1 amide bonds. The van der Waals surface area contributed by atoms with Gasteiger partial charge in [-0.2, -0.15) is 0 Å². The number of hydrogen-bond donors (Lipinski definition) is 0. The van der Waals surface area contributed by atoms with Crippen LogP contribution in [0.3, 0.4) is 0 Å². The highest BCUT2D eigenvalue weighted by Crippen LogP contribution is 2.24. The normalized spacial score (nSPS) is 21.1. The van der Waals surface area contributed by atoms with Gasteiger partial charge in [-0.3, -0.25) is 4.79 Å². The summed E-state index contributed by atoms with van der Waals surface area (Å²) in [5, 5.41) is 0.480. The summed E-state index contributed by atoms with van der Waals surface area (Å²) < 4.78 is 30.8. The van der Waals surface area contributed by atoms with Crippen LogP contribution in [0, 0.1) is 0 Å². The molecule has 8 heteroatoms. The van der Waals surface area contributed by atoms with Crippen molar-refractivity contribution in [1.29, 1.82) is 0 Å². The van der Waals surface area contributed by atoms with Crippen LogP contribution in [0.15, 0.2) is 24.3 Å². The molecule has 0 spiro atoms. The Balaban J connectivity index is 1.46. The Morgan fingerprint density at radius 2 is 1.58 bits per heavy atom. The SMILES string of the molecule is CS(=O)(=O)N1CCC(OC2CCN(C(=O)c3ccccc3Cl)CC2)CC1. The number of carbonyl (C=O) groups excluding carboxylic acids is 1. The third kappa shape index (κ3) is 4.76. The molecule has 2 aliphatic heterocycles. The quantitative estimate of drug-likeness (QED) is 0.778. The highest BCUT2D eigenvalue weighted by molar-refractivity contribution is 7.88. The average Bonchev–Trinajstić information content (AvgIpc) is 2.62. The number of ether oxygens (including phenoxy) is 1. The first-order valence-electron chi connectivity index (χ1n) is 8.99. The molecular formula is C18H25ClN2O4S. The smallest absolute Gasteiger partial charge is 0.255 e. The average molecular weight is 401 g/mol. The molecule has 2 saturated heterocycles. The Labute approximate surface area is 160 Å². The zero-order valence-corrected chi connectivity index (χ0v) is 16.5. The molecule has 0 unspecified atom stereocenters. The fraction of sp³-hybridized carbons (Fsp3) is 0.611. The molecule has 0 bridgehead atoms. The fourth-order valence-corrected chi connectivity index (χ4v) is 4.66. The monoisotopic (exact) mass is 400 g/mol. The largest absolute Gasteiger partial charge is 0.375 e. The third-order valence-corrected chi connectivity index (χ3v) is 6.72. The fourth-order valence-electron chi connectivity index (χ4n) is 3.57. The minimum absolute atomic E-state index is 0.0319. The molecule has 1 aromatic rings. The van der Waals surface area contributed by atoms with Gasteiger partial charge in [0.15, 0.2) is 0 Å². The van der Waals surface area contributed by atoms with Crippen molar-refractivity contribution in [2.45, 2.75) is 37.9 Å². The molecule has 2 aliphatic rings. The Bertz CT molecular complexity index is 739. The van der Waals surface area contributed by atoms with E-state index in [1.807, 2.05) is 17.0 Å². The van der Waals surface area contributed by atoms with E-state index < -0.39 is 10.0 Å². The van der Waals surface area contributed by atoms with Crippen molar-refractivity contribution in [2.24, 2.45) is 0 Å². The molecule has 2 heterocycles. The molecule has 0 atom stereocenters. The van der Waals surface area contributed by atoms with Crippen molar-refractivity contribution >= 4 is 27.5 Å². The van der Waals surface area contributed by atoms with Crippen LogP contribution < -0.4 is 0 Å². The van der Waals surface area contributed by atoms with E-state index in [9.17, 15) is 13.2 Å². The van der Waals surface area contributed by atoms with Gasteiger partial charge in [-0.15, -0.1) is 0 Å². The summed E-state index contributed by atoms with van der Waals surface area (Å²) in [5.74, 6) is -0.0319. The number of likely N-dealkylation sites (tertiary alicyclic amines) is 1. The number of carbonyl (C=O) groups is 1. The van der Waals surface area contributed by atoms with Gasteiger partial charge in [0.25, 0.3) is 5.91 Å². The second-order valence-electron chi connectivity index (χ2n) is 6.97. The van der Waals surface area contributed by atoms with E-state index in [0.29, 0.717) is 36.8 Å². The van der Waals surface area contributed by atoms with Crippen LogP contribution in [-0.2, 0) is 14.8 Å². The summed E-state index contributed by atoms with van der Waals surface area (Å²) in [7, 11) is -3.11. The molecule has 0 aromatic heterocycles. The van der Waals surface area contributed by atoms with E-state index in [-0.39, 0.29) is 18.1 Å². The second-order valence-corrected chi connectivity index (χ2v) is 9.36. The molecule has 3 rings (SSSR count). The molecule has 1 aromatic carbocycles. The Morgan fingerprint density at radius 3 is 2.12 bits per heavy atom. The van der Waals surface area contributed by atoms with Crippen LogP contribution in [0.1, 0.15) is 36.0 Å². The van der Waals surface area contributed by atoms with Crippen LogP contribution in [0.5, 0.6) is 0 Å². The van der Waals surface area contributed by atoms with E-state index in [4.69, 9.17) is 16.3 Å². The topological polar surface area (TPSA) is 66.9 Å². The summed E-state index contributed by atoms with van der Waals surface area (Å²) in [4.78, 5) is 14.4. The number of amides is 1. The molecule has 144 valence electrons. The van der Waals surface area contributed by atoms with E-state index >= 15 is 0 Å². The van der Waals surface area contributed by atoms with Gasteiger partial charge in [0.05, 0.1) is 29.0 Å². The van der Waals surface area contributed by atoms with E-state index in [0.717, 1.165) is 25.7 Å². The highest BCUT2D eigenvalue weighted by atomic mass is 35.5. The minimum Gasteiger partial charge on any atom is -0.375 e. The van der Waals surface area contributed by atoms with Gasteiger partial charge in [0.2, 0.25) is 10.0 Å². The van der Waals surface area contributed by atoms with Gasteiger partial charge in [-0.25, -0.2) is 12.7 Å². The minimum atomic E-state index is -3.11. The van der Waals surface area contributed by atoms with Crippen molar-refractivity contribution < 1.29 is 17.9 Å². The zero-order chi connectivity index (χ0) is 18.7. The Kier molecular flexibility index (Phi) is 6.22. The van der Waals surface area contributed by atoms with Gasteiger partial charge in [0, 0.05) is 26.2 Å². The molecule has 0 radical (unpaired) electrons. The van der Waals surface area contributed by atoms with Crippen LogP contribution in [0.2, 0.25) is 5.02 Å². The lowest BCUT2D eigenvalue weighted by Crippen LogP contribution is -2.44. The summed E-state index contributed by atoms with van der Waals surface area (Å²) >= 11 is 6.12. The summed E-state index contributed by atoms with van der Waals surface area (Å²) in [6, 6.07) is 7.11. The van der Waals surface area contributed by atoms with Crippen molar-refractivity contribution in [1.82, 2.24) is 9.21 Å². The first-order chi connectivity index (χ1) is 12.3. The number of benzene rings is 1. The lowest BCUT2D eigenvalue weighted by Gasteiger charge is -2.36. The first kappa shape index (κ1) is 19.6. The van der Waals surface area contributed by atoms with Crippen molar-refractivity contribution in [2.75, 3.05) is 32.4 Å². The standard InChI is InChI=1S/C18H25ClN2O4S/c1-26(23,24)21-12-8-15(9-13-21)25-14-6-10-20(11-7-14)18(22)16-4-2-3-5-17(16)19/h2-5,14-15H,6-13H2,1H3. The van der Waals surface area contributed by atoms with Crippen molar-refractivity contribution in [3.05, 3.63) is 34.9 Å². The predicted octanol–water partition coefficient (Wildman–Crippen LogP) is 2.39. The molecule has 0 N–H and O–H groups in total. The maximum atomic E-state index is 12.6. The number of halogens is 1. The zero-order valence-electron chi connectivity index (χ0n) is 14.9. The lowest BCUT2D eigenvalue weighted by atomic mass is 10.0. The van der Waals surface area contributed by atoms with Crippen molar-refractivity contribution in [3.63, 3.8) is 0 Å². The summed E-state index contributed by atoms with van der Waals surface area (Å²) in [6.45, 7) is 2.34. The number of nitrogens with zero attached hydrogens (tertiary/aromatic N) is 2. The first-order valence-corrected chi connectivity index (χ1v) is 11.2. The Hall–Kier alpha value is -1.15. The maximum absolute atomic E-state index is 12.6.